The van der Waals surface area contributed by atoms with Crippen LogP contribution in [0.4, 0.5) is 0 Å². The van der Waals surface area contributed by atoms with Gasteiger partial charge in [0.1, 0.15) is 0 Å². The van der Waals surface area contributed by atoms with E-state index in [-0.39, 0.29) is 0 Å². The van der Waals surface area contributed by atoms with Gasteiger partial charge >= 0.3 is 0 Å². The molecule has 1 aliphatic heterocycles. The van der Waals surface area contributed by atoms with E-state index in [1.807, 2.05) is 18.2 Å². The highest BCUT2D eigenvalue weighted by Gasteiger charge is 2.11. The molecule has 3 heteroatoms. The van der Waals surface area contributed by atoms with Gasteiger partial charge in [-0.1, -0.05) is 24.3 Å². The summed E-state index contributed by atoms with van der Waals surface area (Å²) in [7, 11) is 0. The van der Waals surface area contributed by atoms with Crippen molar-refractivity contribution in [3.8, 4) is 5.75 Å². The summed E-state index contributed by atoms with van der Waals surface area (Å²) in [6, 6.07) is 7.42. The van der Waals surface area contributed by atoms with Gasteiger partial charge in [0.05, 0.1) is 0 Å². The van der Waals surface area contributed by atoms with Gasteiger partial charge in [-0.15, -0.1) is 0 Å². The summed E-state index contributed by atoms with van der Waals surface area (Å²) in [6.07, 6.45) is 3.52. The SMILES string of the molecule is O=CC1C=Cc2ccccc2OO1. The van der Waals surface area contributed by atoms with Crippen LogP contribution in [0.25, 0.3) is 6.08 Å². The Hall–Kier alpha value is -1.61. The molecule has 0 amide bonds. The average Bonchev–Trinajstić information content (AvgIpc) is 2.39. The second kappa shape index (κ2) is 3.41. The van der Waals surface area contributed by atoms with E-state index in [1.54, 1.807) is 18.2 Å². The van der Waals surface area contributed by atoms with Crippen LogP contribution in [0.15, 0.2) is 30.3 Å². The third-order valence-electron chi connectivity index (χ3n) is 1.77. The number of fused-ring (bicyclic) bond motifs is 1. The Morgan fingerprint density at radius 1 is 1.31 bits per heavy atom. The van der Waals surface area contributed by atoms with Crippen LogP contribution in [0.2, 0.25) is 0 Å². The highest BCUT2D eigenvalue weighted by Crippen LogP contribution is 2.22. The lowest BCUT2D eigenvalue weighted by Crippen LogP contribution is -2.12. The van der Waals surface area contributed by atoms with Gasteiger partial charge < -0.3 is 4.89 Å². The van der Waals surface area contributed by atoms with E-state index >= 15 is 0 Å². The monoisotopic (exact) mass is 176 g/mol. The third-order valence-corrected chi connectivity index (χ3v) is 1.77. The van der Waals surface area contributed by atoms with E-state index < -0.39 is 6.10 Å². The molecule has 0 radical (unpaired) electrons. The van der Waals surface area contributed by atoms with E-state index in [0.717, 1.165) is 5.56 Å². The lowest BCUT2D eigenvalue weighted by atomic mass is 10.2. The molecule has 1 aromatic carbocycles. The molecule has 66 valence electrons. The third kappa shape index (κ3) is 1.60. The van der Waals surface area contributed by atoms with Crippen LogP contribution in [0.1, 0.15) is 5.56 Å². The van der Waals surface area contributed by atoms with Crippen LogP contribution in [-0.2, 0) is 9.68 Å². The summed E-state index contributed by atoms with van der Waals surface area (Å²) < 4.78 is 0. The van der Waals surface area contributed by atoms with Crippen LogP contribution in [-0.4, -0.2) is 12.4 Å². The van der Waals surface area contributed by atoms with Crippen LogP contribution < -0.4 is 4.89 Å². The van der Waals surface area contributed by atoms with Crippen molar-refractivity contribution in [2.45, 2.75) is 6.10 Å². The number of aldehydes is 1. The zero-order valence-electron chi connectivity index (χ0n) is 6.84. The summed E-state index contributed by atoms with van der Waals surface area (Å²) >= 11 is 0. The summed E-state index contributed by atoms with van der Waals surface area (Å²) in [4.78, 5) is 20.2. The molecule has 0 fully saturated rings. The summed E-state index contributed by atoms with van der Waals surface area (Å²) in [5.74, 6) is 0.628. The standard InChI is InChI=1S/C10H8O3/c11-7-9-6-5-8-3-1-2-4-10(8)13-12-9/h1-7,9H. The second-order valence-corrected chi connectivity index (χ2v) is 2.68. The molecule has 0 spiro atoms. The molecule has 0 aromatic heterocycles. The van der Waals surface area contributed by atoms with Gasteiger partial charge in [-0.3, -0.25) is 4.79 Å². The Balaban J connectivity index is 2.33. The maximum absolute atomic E-state index is 10.4. The predicted octanol–water partition coefficient (Wildman–Crippen LogP) is 1.59. The first-order chi connectivity index (χ1) is 6.40. The Morgan fingerprint density at radius 2 is 2.15 bits per heavy atom. The number of rotatable bonds is 1. The van der Waals surface area contributed by atoms with Crippen molar-refractivity contribution in [3.63, 3.8) is 0 Å². The first kappa shape index (κ1) is 8.01. The molecule has 0 saturated heterocycles. The number of carbonyl (C=O) groups is 1. The van der Waals surface area contributed by atoms with E-state index in [2.05, 4.69) is 0 Å². The highest BCUT2D eigenvalue weighted by molar-refractivity contribution is 5.66. The van der Waals surface area contributed by atoms with Gasteiger partial charge in [0, 0.05) is 5.56 Å². The lowest BCUT2D eigenvalue weighted by Gasteiger charge is -2.05. The molecule has 1 aliphatic rings. The summed E-state index contributed by atoms with van der Waals surface area (Å²) in [5, 5.41) is 0. The number of para-hydroxylation sites is 1. The summed E-state index contributed by atoms with van der Waals surface area (Å²) in [6.45, 7) is 0. The zero-order valence-corrected chi connectivity index (χ0v) is 6.84. The molecule has 13 heavy (non-hydrogen) atoms. The van der Waals surface area contributed by atoms with Crippen molar-refractivity contribution >= 4 is 12.4 Å². The molecule has 0 saturated carbocycles. The van der Waals surface area contributed by atoms with Crippen molar-refractivity contribution in [1.29, 1.82) is 0 Å². The quantitative estimate of drug-likeness (QED) is 0.481. The average molecular weight is 176 g/mol. The lowest BCUT2D eigenvalue weighted by molar-refractivity contribution is -0.222. The first-order valence-corrected chi connectivity index (χ1v) is 3.96. The van der Waals surface area contributed by atoms with Crippen LogP contribution in [0.3, 0.4) is 0 Å². The number of benzene rings is 1. The zero-order chi connectivity index (χ0) is 9.10. The first-order valence-electron chi connectivity index (χ1n) is 3.96. The molecule has 1 aromatic rings. The van der Waals surface area contributed by atoms with Crippen molar-refractivity contribution < 1.29 is 14.6 Å². The molecule has 0 bridgehead atoms. The van der Waals surface area contributed by atoms with Crippen molar-refractivity contribution in [2.75, 3.05) is 0 Å². The normalized spacial score (nSPS) is 19.8. The number of hydrogen-bond donors (Lipinski definition) is 0. The van der Waals surface area contributed by atoms with Gasteiger partial charge in [-0.25, -0.2) is 0 Å². The van der Waals surface area contributed by atoms with Crippen LogP contribution >= 0.6 is 0 Å². The molecular weight excluding hydrogens is 168 g/mol. The second-order valence-electron chi connectivity index (χ2n) is 2.68. The van der Waals surface area contributed by atoms with Crippen molar-refractivity contribution in [2.24, 2.45) is 0 Å². The fourth-order valence-electron chi connectivity index (χ4n) is 1.10. The van der Waals surface area contributed by atoms with Crippen molar-refractivity contribution in [1.82, 2.24) is 0 Å². The van der Waals surface area contributed by atoms with Crippen molar-refractivity contribution in [3.05, 3.63) is 35.9 Å². The fourth-order valence-corrected chi connectivity index (χ4v) is 1.10. The fraction of sp³-hybridized carbons (Fsp3) is 0.100. The van der Waals surface area contributed by atoms with Gasteiger partial charge in [0.15, 0.2) is 18.1 Å². The predicted molar refractivity (Wildman–Crippen MR) is 47.0 cm³/mol. The highest BCUT2D eigenvalue weighted by atomic mass is 17.2. The topological polar surface area (TPSA) is 35.5 Å². The molecule has 1 heterocycles. The van der Waals surface area contributed by atoms with Crippen LogP contribution in [0.5, 0.6) is 5.75 Å². The molecular formula is C10H8O3. The van der Waals surface area contributed by atoms with Crippen LogP contribution in [0, 0.1) is 0 Å². The molecule has 1 atom stereocenters. The molecule has 2 rings (SSSR count). The van der Waals surface area contributed by atoms with E-state index in [1.165, 1.54) is 0 Å². The van der Waals surface area contributed by atoms with E-state index in [9.17, 15) is 4.79 Å². The Morgan fingerprint density at radius 3 is 3.00 bits per heavy atom. The minimum Gasteiger partial charge on any atom is -0.336 e. The molecule has 0 N–H and O–H groups in total. The maximum Gasteiger partial charge on any atom is 0.178 e. The largest absolute Gasteiger partial charge is 0.336 e. The minimum absolute atomic E-state index is 0.618. The number of hydrogen-bond acceptors (Lipinski definition) is 3. The van der Waals surface area contributed by atoms with Gasteiger partial charge in [0.2, 0.25) is 0 Å². The number of carbonyl (C=O) groups excluding carboxylic acids is 1. The van der Waals surface area contributed by atoms with Gasteiger partial charge in [-0.05, 0) is 12.1 Å². The smallest absolute Gasteiger partial charge is 0.178 e. The molecule has 1 unspecified atom stereocenters. The van der Waals surface area contributed by atoms with Gasteiger partial charge in [-0.2, -0.15) is 4.89 Å². The van der Waals surface area contributed by atoms with Gasteiger partial charge in [0.25, 0.3) is 0 Å². The van der Waals surface area contributed by atoms with E-state index in [0.29, 0.717) is 12.0 Å². The Kier molecular flexibility index (Phi) is 2.10. The molecule has 0 aliphatic carbocycles. The Bertz CT molecular complexity index is 344. The maximum atomic E-state index is 10.4. The minimum atomic E-state index is -0.618. The Labute approximate surface area is 75.5 Å². The summed E-state index contributed by atoms with van der Waals surface area (Å²) in [5.41, 5.74) is 0.909. The molecule has 3 nitrogen and oxygen atoms in total. The van der Waals surface area contributed by atoms with E-state index in [4.69, 9.17) is 9.78 Å².